The van der Waals surface area contributed by atoms with E-state index in [1.54, 1.807) is 20.8 Å². The first-order valence-corrected chi connectivity index (χ1v) is 9.30. The number of amides is 3. The van der Waals surface area contributed by atoms with Gasteiger partial charge in [0, 0.05) is 20.1 Å². The van der Waals surface area contributed by atoms with Gasteiger partial charge in [0.25, 0.3) is 5.91 Å². The minimum atomic E-state index is -0.366. The van der Waals surface area contributed by atoms with Crippen LogP contribution in [0, 0.1) is 0 Å². The quantitative estimate of drug-likeness (QED) is 0.835. The standard InChI is InChI=1S/C17H22N4O3S/c1-20-12-5-8-25-14(12)9-13(20)17(24)19-10-15(22)18-11-16(23)21-6-3-2-4-7-21/h5,8-9H,2-4,6-7,10-11H2,1H3,(H,18,22)(H,19,24). The SMILES string of the molecule is Cn1c(C(=O)NCC(=O)NCC(=O)N2CCCCC2)cc2sccc21. The zero-order valence-electron chi connectivity index (χ0n) is 14.2. The van der Waals surface area contributed by atoms with Gasteiger partial charge in [-0.2, -0.15) is 0 Å². The number of rotatable bonds is 5. The van der Waals surface area contributed by atoms with Crippen LogP contribution in [0.1, 0.15) is 29.8 Å². The predicted octanol–water partition coefficient (Wildman–Crippen LogP) is 1.10. The first-order chi connectivity index (χ1) is 12.1. The summed E-state index contributed by atoms with van der Waals surface area (Å²) >= 11 is 1.57. The van der Waals surface area contributed by atoms with Crippen molar-refractivity contribution in [3.05, 3.63) is 23.2 Å². The van der Waals surface area contributed by atoms with Crippen LogP contribution < -0.4 is 10.6 Å². The smallest absolute Gasteiger partial charge is 0.268 e. The van der Waals surface area contributed by atoms with Crippen LogP contribution >= 0.6 is 11.3 Å². The molecule has 0 unspecified atom stereocenters. The Morgan fingerprint density at radius 2 is 1.88 bits per heavy atom. The van der Waals surface area contributed by atoms with Crippen LogP contribution in [0.5, 0.6) is 0 Å². The Kier molecular flexibility index (Phi) is 5.37. The number of aromatic nitrogens is 1. The second-order valence-corrected chi connectivity index (χ2v) is 7.11. The molecule has 8 heteroatoms. The third-order valence-corrected chi connectivity index (χ3v) is 5.30. The van der Waals surface area contributed by atoms with Gasteiger partial charge in [-0.05, 0) is 36.8 Å². The van der Waals surface area contributed by atoms with Crippen LogP contribution in [0.15, 0.2) is 17.5 Å². The van der Waals surface area contributed by atoms with Gasteiger partial charge in [-0.1, -0.05) is 0 Å². The van der Waals surface area contributed by atoms with E-state index in [1.807, 2.05) is 24.6 Å². The third kappa shape index (κ3) is 4.01. The van der Waals surface area contributed by atoms with Crippen LogP contribution in [0.4, 0.5) is 0 Å². The summed E-state index contributed by atoms with van der Waals surface area (Å²) in [6.45, 7) is 1.35. The van der Waals surface area contributed by atoms with E-state index >= 15 is 0 Å². The molecule has 1 aliphatic heterocycles. The number of carbonyl (C=O) groups excluding carboxylic acids is 3. The number of fused-ring (bicyclic) bond motifs is 1. The predicted molar refractivity (Wildman–Crippen MR) is 96.6 cm³/mol. The van der Waals surface area contributed by atoms with Crippen molar-refractivity contribution in [2.45, 2.75) is 19.3 Å². The summed E-state index contributed by atoms with van der Waals surface area (Å²) in [6, 6.07) is 3.77. The van der Waals surface area contributed by atoms with Gasteiger partial charge in [0.05, 0.1) is 23.3 Å². The summed E-state index contributed by atoms with van der Waals surface area (Å²) in [6.07, 6.45) is 3.19. The molecule has 7 nitrogen and oxygen atoms in total. The molecule has 2 aromatic rings. The largest absolute Gasteiger partial charge is 0.345 e. The Morgan fingerprint density at radius 1 is 1.12 bits per heavy atom. The second kappa shape index (κ2) is 7.69. The van der Waals surface area contributed by atoms with Gasteiger partial charge in [0.1, 0.15) is 5.69 Å². The van der Waals surface area contributed by atoms with Crippen LogP contribution in [-0.4, -0.2) is 53.4 Å². The summed E-state index contributed by atoms with van der Waals surface area (Å²) in [7, 11) is 1.82. The van der Waals surface area contributed by atoms with Crippen molar-refractivity contribution >= 4 is 39.3 Å². The Morgan fingerprint density at radius 3 is 2.60 bits per heavy atom. The minimum absolute atomic E-state index is 0.0193. The number of carbonyl (C=O) groups is 3. The number of thiophene rings is 1. The fourth-order valence-corrected chi connectivity index (χ4v) is 3.86. The number of nitrogens with one attached hydrogen (secondary N) is 2. The Balaban J connectivity index is 1.45. The second-order valence-electron chi connectivity index (χ2n) is 6.16. The van der Waals surface area contributed by atoms with Gasteiger partial charge in [-0.25, -0.2) is 0 Å². The topological polar surface area (TPSA) is 83.4 Å². The Hall–Kier alpha value is -2.35. The molecule has 3 amide bonds. The number of hydrogen-bond donors (Lipinski definition) is 2. The van der Waals surface area contributed by atoms with E-state index in [0.29, 0.717) is 5.69 Å². The maximum atomic E-state index is 12.2. The van der Waals surface area contributed by atoms with Crippen LogP contribution in [0.2, 0.25) is 0 Å². The van der Waals surface area contributed by atoms with E-state index < -0.39 is 0 Å². The number of aryl methyl sites for hydroxylation is 1. The van der Waals surface area contributed by atoms with E-state index in [1.165, 1.54) is 0 Å². The molecule has 1 saturated heterocycles. The summed E-state index contributed by atoms with van der Waals surface area (Å²) in [5.74, 6) is -0.736. The molecule has 134 valence electrons. The highest BCUT2D eigenvalue weighted by molar-refractivity contribution is 7.17. The highest BCUT2D eigenvalue weighted by atomic mass is 32.1. The summed E-state index contributed by atoms with van der Waals surface area (Å²) in [5.41, 5.74) is 1.51. The Bertz CT molecular complexity index is 789. The molecule has 3 heterocycles. The van der Waals surface area contributed by atoms with Crippen molar-refractivity contribution < 1.29 is 14.4 Å². The molecule has 0 atom stereocenters. The van der Waals surface area contributed by atoms with Gasteiger partial charge in [0.2, 0.25) is 11.8 Å². The summed E-state index contributed by atoms with van der Waals surface area (Å²) < 4.78 is 2.84. The van der Waals surface area contributed by atoms with Gasteiger partial charge >= 0.3 is 0 Å². The van der Waals surface area contributed by atoms with Gasteiger partial charge in [0.15, 0.2) is 0 Å². The molecular weight excluding hydrogens is 340 g/mol. The molecule has 0 saturated carbocycles. The lowest BCUT2D eigenvalue weighted by Gasteiger charge is -2.26. The van der Waals surface area contributed by atoms with Gasteiger partial charge in [-0.3, -0.25) is 14.4 Å². The van der Waals surface area contributed by atoms with Crippen molar-refractivity contribution in [1.82, 2.24) is 20.1 Å². The Labute approximate surface area is 150 Å². The van der Waals surface area contributed by atoms with Gasteiger partial charge in [-0.15, -0.1) is 11.3 Å². The van der Waals surface area contributed by atoms with E-state index in [0.717, 1.165) is 42.6 Å². The lowest BCUT2D eigenvalue weighted by atomic mass is 10.1. The molecule has 0 aromatic carbocycles. The molecule has 1 fully saturated rings. The van der Waals surface area contributed by atoms with E-state index in [9.17, 15) is 14.4 Å². The third-order valence-electron chi connectivity index (χ3n) is 4.45. The normalized spacial score (nSPS) is 14.5. The summed E-state index contributed by atoms with van der Waals surface area (Å²) in [4.78, 5) is 37.9. The fraction of sp³-hybridized carbons (Fsp3) is 0.471. The zero-order chi connectivity index (χ0) is 17.8. The maximum Gasteiger partial charge on any atom is 0.268 e. The molecule has 3 rings (SSSR count). The molecule has 0 radical (unpaired) electrons. The minimum Gasteiger partial charge on any atom is -0.345 e. The van der Waals surface area contributed by atoms with E-state index in [2.05, 4.69) is 10.6 Å². The number of likely N-dealkylation sites (tertiary alicyclic amines) is 1. The molecule has 25 heavy (non-hydrogen) atoms. The lowest BCUT2D eigenvalue weighted by molar-refractivity contribution is -0.133. The number of nitrogens with zero attached hydrogens (tertiary/aromatic N) is 2. The first kappa shape index (κ1) is 17.5. The van der Waals surface area contributed by atoms with Crippen molar-refractivity contribution in [2.24, 2.45) is 7.05 Å². The lowest BCUT2D eigenvalue weighted by Crippen LogP contribution is -2.45. The average molecular weight is 362 g/mol. The maximum absolute atomic E-state index is 12.2. The molecule has 0 spiro atoms. The molecule has 0 bridgehead atoms. The highest BCUT2D eigenvalue weighted by Gasteiger charge is 2.18. The molecule has 2 aromatic heterocycles. The zero-order valence-corrected chi connectivity index (χ0v) is 15.0. The van der Waals surface area contributed by atoms with Crippen molar-refractivity contribution in [1.29, 1.82) is 0 Å². The average Bonchev–Trinajstić information content (AvgIpc) is 3.21. The van der Waals surface area contributed by atoms with Gasteiger partial charge < -0.3 is 20.1 Å². The van der Waals surface area contributed by atoms with E-state index in [4.69, 9.17) is 0 Å². The monoisotopic (exact) mass is 362 g/mol. The number of piperidine rings is 1. The molecule has 1 aliphatic rings. The summed E-state index contributed by atoms with van der Waals surface area (Å²) in [5, 5.41) is 7.15. The fourth-order valence-electron chi connectivity index (χ4n) is 3.01. The van der Waals surface area contributed by atoms with Crippen LogP contribution in [0.25, 0.3) is 10.2 Å². The highest BCUT2D eigenvalue weighted by Crippen LogP contribution is 2.23. The van der Waals surface area contributed by atoms with Crippen LogP contribution in [-0.2, 0) is 16.6 Å². The molecular formula is C17H22N4O3S. The van der Waals surface area contributed by atoms with Crippen molar-refractivity contribution in [3.63, 3.8) is 0 Å². The first-order valence-electron chi connectivity index (χ1n) is 8.42. The molecule has 2 N–H and O–H groups in total. The molecule has 0 aliphatic carbocycles. The van der Waals surface area contributed by atoms with Crippen molar-refractivity contribution in [3.8, 4) is 0 Å². The van der Waals surface area contributed by atoms with E-state index in [-0.39, 0.29) is 30.8 Å². The van der Waals surface area contributed by atoms with Crippen molar-refractivity contribution in [2.75, 3.05) is 26.2 Å². The number of hydrogen-bond acceptors (Lipinski definition) is 4. The van der Waals surface area contributed by atoms with Crippen LogP contribution in [0.3, 0.4) is 0 Å².